The number of carboxylic acids is 1. The van der Waals surface area contributed by atoms with E-state index in [4.69, 9.17) is 5.11 Å². The first kappa shape index (κ1) is 14.1. The van der Waals surface area contributed by atoms with Crippen molar-refractivity contribution in [3.05, 3.63) is 23.8 Å². The lowest BCUT2D eigenvalue weighted by Gasteiger charge is -2.05. The molecule has 2 aromatic heterocycles. The van der Waals surface area contributed by atoms with Gasteiger partial charge in [-0.1, -0.05) is 0 Å². The minimum Gasteiger partial charge on any atom is -0.476 e. The Bertz CT molecular complexity index is 746. The van der Waals surface area contributed by atoms with Crippen LogP contribution in [0.25, 0.3) is 0 Å². The zero-order chi connectivity index (χ0) is 14.9. The van der Waals surface area contributed by atoms with Crippen LogP contribution in [0.3, 0.4) is 0 Å². The maximum absolute atomic E-state index is 12.2. The lowest BCUT2D eigenvalue weighted by Crippen LogP contribution is -2.16. The fraction of sp³-hybridized carbons (Fsp3) is 0.300. The molecule has 0 bridgehead atoms. The fourth-order valence-electron chi connectivity index (χ4n) is 1.69. The molecule has 108 valence electrons. The molecule has 0 aliphatic rings. The summed E-state index contributed by atoms with van der Waals surface area (Å²) in [6.07, 6.45) is 2.85. The predicted molar refractivity (Wildman–Crippen MR) is 69.0 cm³/mol. The number of sulfonamides is 1. The molecule has 10 heteroatoms. The van der Waals surface area contributed by atoms with Gasteiger partial charge in [-0.25, -0.2) is 13.2 Å². The summed E-state index contributed by atoms with van der Waals surface area (Å²) in [5.74, 6) is -1.42. The van der Waals surface area contributed by atoms with Gasteiger partial charge in [0, 0.05) is 12.7 Å². The fourth-order valence-corrected chi connectivity index (χ4v) is 3.04. The van der Waals surface area contributed by atoms with Gasteiger partial charge in [-0.2, -0.15) is 10.2 Å². The molecule has 20 heavy (non-hydrogen) atoms. The van der Waals surface area contributed by atoms with Gasteiger partial charge in [0.25, 0.3) is 10.0 Å². The number of carboxylic acid groups (broad SMARTS) is 1. The summed E-state index contributed by atoms with van der Waals surface area (Å²) < 4.78 is 28.3. The molecule has 0 saturated carbocycles. The van der Waals surface area contributed by atoms with Crippen LogP contribution in [-0.2, 0) is 16.6 Å². The monoisotopic (exact) mass is 299 g/mol. The third kappa shape index (κ3) is 2.50. The summed E-state index contributed by atoms with van der Waals surface area (Å²) in [6.45, 7) is 3.88. The van der Waals surface area contributed by atoms with E-state index in [1.54, 1.807) is 0 Å². The molecule has 3 N–H and O–H groups in total. The van der Waals surface area contributed by atoms with Crippen LogP contribution < -0.4 is 4.72 Å². The molecule has 0 spiro atoms. The Labute approximate surface area is 114 Å². The topological polar surface area (TPSA) is 130 Å². The SMILES string of the molecule is CCn1cc(NS(=O)(=O)c2c(C(=O)O)n[nH]c2C)cn1. The zero-order valence-electron chi connectivity index (χ0n) is 10.8. The number of nitrogens with zero attached hydrogens (tertiary/aromatic N) is 3. The number of aromatic amines is 1. The van der Waals surface area contributed by atoms with Crippen LogP contribution in [0.1, 0.15) is 23.1 Å². The summed E-state index contributed by atoms with van der Waals surface area (Å²) in [5.41, 5.74) is -0.139. The molecule has 0 aromatic carbocycles. The second-order valence-electron chi connectivity index (χ2n) is 4.02. The summed E-state index contributed by atoms with van der Waals surface area (Å²) in [5, 5.41) is 18.7. The number of aryl methyl sites for hydroxylation is 2. The predicted octanol–water partition coefficient (Wildman–Crippen LogP) is 0.434. The average molecular weight is 299 g/mol. The molecule has 2 aromatic rings. The molecule has 9 nitrogen and oxygen atoms in total. The third-order valence-corrected chi connectivity index (χ3v) is 4.11. The van der Waals surface area contributed by atoms with Gasteiger partial charge in [0.15, 0.2) is 5.69 Å². The molecule has 0 radical (unpaired) electrons. The maximum Gasteiger partial charge on any atom is 0.357 e. The van der Waals surface area contributed by atoms with Crippen molar-refractivity contribution < 1.29 is 18.3 Å². The lowest BCUT2D eigenvalue weighted by molar-refractivity contribution is 0.0686. The Balaban J connectivity index is 2.40. The van der Waals surface area contributed by atoms with E-state index in [1.165, 1.54) is 24.0 Å². The van der Waals surface area contributed by atoms with Crippen molar-refractivity contribution in [1.82, 2.24) is 20.0 Å². The van der Waals surface area contributed by atoms with Crippen LogP contribution in [0.5, 0.6) is 0 Å². The van der Waals surface area contributed by atoms with Crippen molar-refractivity contribution in [2.75, 3.05) is 4.72 Å². The van der Waals surface area contributed by atoms with Crippen LogP contribution in [0.4, 0.5) is 5.69 Å². The van der Waals surface area contributed by atoms with Crippen LogP contribution >= 0.6 is 0 Å². The van der Waals surface area contributed by atoms with Crippen molar-refractivity contribution in [1.29, 1.82) is 0 Å². The van der Waals surface area contributed by atoms with Crippen LogP contribution in [-0.4, -0.2) is 39.5 Å². The van der Waals surface area contributed by atoms with Crippen LogP contribution in [0, 0.1) is 6.92 Å². The second kappa shape index (κ2) is 4.96. The van der Waals surface area contributed by atoms with E-state index in [0.29, 0.717) is 6.54 Å². The number of H-pyrrole nitrogens is 1. The van der Waals surface area contributed by atoms with Gasteiger partial charge >= 0.3 is 5.97 Å². The van der Waals surface area contributed by atoms with Crippen LogP contribution in [0.15, 0.2) is 17.3 Å². The third-order valence-electron chi connectivity index (χ3n) is 2.57. The number of rotatable bonds is 5. The lowest BCUT2D eigenvalue weighted by atomic mass is 10.4. The molecule has 0 atom stereocenters. The Morgan fingerprint density at radius 3 is 2.80 bits per heavy atom. The highest BCUT2D eigenvalue weighted by molar-refractivity contribution is 7.92. The van der Waals surface area contributed by atoms with E-state index < -0.39 is 21.7 Å². The molecule has 0 fully saturated rings. The highest BCUT2D eigenvalue weighted by Gasteiger charge is 2.28. The van der Waals surface area contributed by atoms with Crippen molar-refractivity contribution in [2.45, 2.75) is 25.3 Å². The van der Waals surface area contributed by atoms with E-state index in [9.17, 15) is 13.2 Å². The molecule has 0 unspecified atom stereocenters. The number of hydrogen-bond donors (Lipinski definition) is 3. The summed E-state index contributed by atoms with van der Waals surface area (Å²) in [7, 11) is -4.05. The first-order valence-corrected chi connectivity index (χ1v) is 7.17. The smallest absolute Gasteiger partial charge is 0.357 e. The summed E-state index contributed by atoms with van der Waals surface area (Å²) in [4.78, 5) is 10.6. The molecule has 2 rings (SSSR count). The Kier molecular flexibility index (Phi) is 3.49. The van der Waals surface area contributed by atoms with E-state index in [2.05, 4.69) is 20.0 Å². The number of nitrogens with one attached hydrogen (secondary N) is 2. The van der Waals surface area contributed by atoms with Gasteiger partial charge < -0.3 is 5.11 Å². The van der Waals surface area contributed by atoms with E-state index >= 15 is 0 Å². The zero-order valence-corrected chi connectivity index (χ0v) is 11.6. The van der Waals surface area contributed by atoms with Gasteiger partial charge in [0.2, 0.25) is 0 Å². The Hall–Kier alpha value is -2.36. The van der Waals surface area contributed by atoms with Crippen molar-refractivity contribution in [3.63, 3.8) is 0 Å². The van der Waals surface area contributed by atoms with E-state index in [-0.39, 0.29) is 16.3 Å². The quantitative estimate of drug-likeness (QED) is 0.734. The molecule has 0 aliphatic carbocycles. The molecular formula is C10H13N5O4S. The standard InChI is InChI=1S/C10H13N5O4S/c1-3-15-5-7(4-11-15)14-20(18,19)9-6(2)12-13-8(9)10(16)17/h4-5,14H,3H2,1-2H3,(H,12,13)(H,16,17). The molecule has 0 saturated heterocycles. The molecule has 0 amide bonds. The Morgan fingerprint density at radius 2 is 2.25 bits per heavy atom. The van der Waals surface area contributed by atoms with Gasteiger partial charge in [-0.3, -0.25) is 14.5 Å². The number of hydrogen-bond acceptors (Lipinski definition) is 5. The molecule has 0 aliphatic heterocycles. The summed E-state index contributed by atoms with van der Waals surface area (Å²) >= 11 is 0. The van der Waals surface area contributed by atoms with Gasteiger partial charge in [-0.15, -0.1) is 0 Å². The van der Waals surface area contributed by atoms with Crippen molar-refractivity contribution in [2.24, 2.45) is 0 Å². The second-order valence-corrected chi connectivity index (χ2v) is 5.64. The van der Waals surface area contributed by atoms with Gasteiger partial charge in [0.05, 0.1) is 17.6 Å². The van der Waals surface area contributed by atoms with E-state index in [1.807, 2.05) is 6.92 Å². The molecule has 2 heterocycles. The number of carbonyl (C=O) groups is 1. The minimum atomic E-state index is -4.05. The molecular weight excluding hydrogens is 286 g/mol. The van der Waals surface area contributed by atoms with Crippen molar-refractivity contribution >= 4 is 21.7 Å². The normalized spacial score (nSPS) is 11.5. The Morgan fingerprint density at radius 1 is 1.55 bits per heavy atom. The summed E-state index contributed by atoms with van der Waals surface area (Å²) in [6, 6.07) is 0. The van der Waals surface area contributed by atoms with E-state index in [0.717, 1.165) is 0 Å². The minimum absolute atomic E-state index is 0.151. The first-order valence-electron chi connectivity index (χ1n) is 5.68. The average Bonchev–Trinajstić information content (AvgIpc) is 2.95. The van der Waals surface area contributed by atoms with Gasteiger partial charge in [-0.05, 0) is 13.8 Å². The number of aromatic carboxylic acids is 1. The highest BCUT2D eigenvalue weighted by Crippen LogP contribution is 2.21. The highest BCUT2D eigenvalue weighted by atomic mass is 32.2. The van der Waals surface area contributed by atoms with Gasteiger partial charge in [0.1, 0.15) is 4.90 Å². The first-order chi connectivity index (χ1) is 9.35. The number of anilines is 1. The maximum atomic E-state index is 12.2. The van der Waals surface area contributed by atoms with Crippen LogP contribution in [0.2, 0.25) is 0 Å². The van der Waals surface area contributed by atoms with Crippen molar-refractivity contribution in [3.8, 4) is 0 Å². The largest absolute Gasteiger partial charge is 0.476 e. The number of aromatic nitrogens is 4.